The Morgan fingerprint density at radius 3 is 1.53 bits per heavy atom. The molecule has 0 atom stereocenters. The van der Waals surface area contributed by atoms with Crippen LogP contribution in [0, 0.1) is 0 Å². The summed E-state index contributed by atoms with van der Waals surface area (Å²) in [6.07, 6.45) is 23.1. The predicted molar refractivity (Wildman–Crippen MR) is 140 cm³/mol. The van der Waals surface area contributed by atoms with Crippen LogP contribution in [-0.2, 0) is 16.5 Å². The minimum Gasteiger partial charge on any atom is -0.744 e. The first-order valence-corrected chi connectivity index (χ1v) is 14.9. The smallest absolute Gasteiger partial charge is 0.744 e. The molecule has 0 aliphatic carbocycles. The zero-order chi connectivity index (χ0) is 23.8. The second-order valence-electron chi connectivity index (χ2n) is 9.64. The van der Waals surface area contributed by atoms with Crippen LogP contribution < -0.4 is 29.6 Å². The van der Waals surface area contributed by atoms with Crippen LogP contribution in [0.25, 0.3) is 10.8 Å². The standard InChI is InChI=1S/C29H46O3S.Na/c1-2-3-4-5-6-7-8-9-10-11-12-13-14-15-16-17-18-22-27-25-24-26-21-19-20-23-28(26)29(27)33(30,31)32;/h19-21,23-25H,2-18,22H2,1H3,(H,30,31,32);/q;+1/p-1. The van der Waals surface area contributed by atoms with Gasteiger partial charge in [-0.05, 0) is 29.2 Å². The molecule has 0 spiro atoms. The van der Waals surface area contributed by atoms with Crippen LogP contribution in [-0.4, -0.2) is 13.0 Å². The fraction of sp³-hybridized carbons (Fsp3) is 0.655. The normalized spacial score (nSPS) is 11.6. The molecule has 0 radical (unpaired) electrons. The molecule has 0 aliphatic rings. The van der Waals surface area contributed by atoms with Crippen LogP contribution in [0.3, 0.4) is 0 Å². The van der Waals surface area contributed by atoms with Crippen LogP contribution in [0.2, 0.25) is 0 Å². The van der Waals surface area contributed by atoms with E-state index in [-0.39, 0.29) is 34.5 Å². The molecule has 0 amide bonds. The molecule has 0 bridgehead atoms. The molecule has 186 valence electrons. The molecule has 3 nitrogen and oxygen atoms in total. The van der Waals surface area contributed by atoms with Gasteiger partial charge in [-0.1, -0.05) is 146 Å². The predicted octanol–water partition coefficient (Wildman–Crippen LogP) is 5.94. The van der Waals surface area contributed by atoms with Crippen molar-refractivity contribution in [3.05, 3.63) is 42.0 Å². The van der Waals surface area contributed by atoms with E-state index in [0.29, 0.717) is 17.4 Å². The van der Waals surface area contributed by atoms with Crippen molar-refractivity contribution < 1.29 is 42.5 Å². The Kier molecular flexibility index (Phi) is 17.5. The maximum Gasteiger partial charge on any atom is 1.00 e. The third-order valence-electron chi connectivity index (χ3n) is 6.76. The van der Waals surface area contributed by atoms with Crippen LogP contribution in [0.4, 0.5) is 0 Å². The molecular weight excluding hydrogens is 451 g/mol. The summed E-state index contributed by atoms with van der Waals surface area (Å²) in [4.78, 5) is -0.0166. The van der Waals surface area contributed by atoms with Gasteiger partial charge in [-0.15, -0.1) is 0 Å². The van der Waals surface area contributed by atoms with Gasteiger partial charge in [0.1, 0.15) is 10.1 Å². The van der Waals surface area contributed by atoms with Gasteiger partial charge in [-0.25, -0.2) is 8.42 Å². The molecule has 0 heterocycles. The Morgan fingerprint density at radius 2 is 1.06 bits per heavy atom. The molecule has 0 aliphatic heterocycles. The molecule has 0 N–H and O–H groups in total. The van der Waals surface area contributed by atoms with Gasteiger partial charge in [-0.2, -0.15) is 0 Å². The minimum absolute atomic E-state index is 0. The number of benzene rings is 2. The Labute approximate surface area is 231 Å². The molecule has 0 saturated carbocycles. The van der Waals surface area contributed by atoms with Gasteiger partial charge in [-0.3, -0.25) is 0 Å². The van der Waals surface area contributed by atoms with Crippen LogP contribution in [0.15, 0.2) is 41.3 Å². The summed E-state index contributed by atoms with van der Waals surface area (Å²) >= 11 is 0. The largest absolute Gasteiger partial charge is 1.00 e. The Morgan fingerprint density at radius 1 is 0.618 bits per heavy atom. The van der Waals surface area contributed by atoms with E-state index in [2.05, 4.69) is 6.92 Å². The topological polar surface area (TPSA) is 57.2 Å². The van der Waals surface area contributed by atoms with Gasteiger partial charge in [0.2, 0.25) is 0 Å². The van der Waals surface area contributed by atoms with Crippen molar-refractivity contribution in [1.29, 1.82) is 0 Å². The van der Waals surface area contributed by atoms with Crippen molar-refractivity contribution in [1.82, 2.24) is 0 Å². The molecule has 5 heteroatoms. The Balaban J connectivity index is 0.00000578. The van der Waals surface area contributed by atoms with Gasteiger partial charge in [0.25, 0.3) is 0 Å². The second-order valence-corrected chi connectivity index (χ2v) is 11.0. The summed E-state index contributed by atoms with van der Waals surface area (Å²) in [5, 5.41) is 1.36. The Hall–Kier alpha value is -0.390. The average Bonchev–Trinajstić information content (AvgIpc) is 2.80. The van der Waals surface area contributed by atoms with Crippen LogP contribution in [0.5, 0.6) is 0 Å². The number of hydrogen-bond acceptors (Lipinski definition) is 3. The number of unbranched alkanes of at least 4 members (excludes halogenated alkanes) is 16. The minimum atomic E-state index is -4.48. The third-order valence-corrected chi connectivity index (χ3v) is 7.74. The summed E-state index contributed by atoms with van der Waals surface area (Å²) in [5.41, 5.74) is 0.671. The van der Waals surface area contributed by atoms with Crippen molar-refractivity contribution in [3.63, 3.8) is 0 Å². The Bertz CT molecular complexity index is 895. The summed E-state index contributed by atoms with van der Waals surface area (Å²) in [5.74, 6) is 0. The third kappa shape index (κ3) is 12.5. The van der Waals surface area contributed by atoms with Crippen molar-refractivity contribution in [2.45, 2.75) is 127 Å². The first-order valence-electron chi connectivity index (χ1n) is 13.5. The summed E-state index contributed by atoms with van der Waals surface area (Å²) in [6.45, 7) is 2.27. The molecule has 2 aromatic rings. The van der Waals surface area contributed by atoms with E-state index in [1.54, 1.807) is 12.1 Å². The molecule has 0 fully saturated rings. The van der Waals surface area contributed by atoms with Gasteiger partial charge in [0.15, 0.2) is 0 Å². The summed E-state index contributed by atoms with van der Waals surface area (Å²) in [7, 11) is -4.48. The van der Waals surface area contributed by atoms with Gasteiger partial charge < -0.3 is 4.55 Å². The molecular formula is C29H45NaO3S. The van der Waals surface area contributed by atoms with Crippen LogP contribution in [0.1, 0.15) is 122 Å². The first-order chi connectivity index (χ1) is 16.0. The monoisotopic (exact) mass is 496 g/mol. The second kappa shape index (κ2) is 18.8. The van der Waals surface area contributed by atoms with E-state index in [1.807, 2.05) is 24.3 Å². The molecule has 2 rings (SSSR count). The van der Waals surface area contributed by atoms with Crippen molar-refractivity contribution >= 4 is 20.9 Å². The SMILES string of the molecule is CCCCCCCCCCCCCCCCCCCc1ccc2ccccc2c1S(=O)(=O)[O-].[Na+]. The van der Waals surface area contributed by atoms with E-state index in [4.69, 9.17) is 0 Å². The average molecular weight is 497 g/mol. The van der Waals surface area contributed by atoms with E-state index < -0.39 is 10.1 Å². The molecule has 0 saturated heterocycles. The molecule has 0 unspecified atom stereocenters. The van der Waals surface area contributed by atoms with Gasteiger partial charge in [0, 0.05) is 0 Å². The number of fused-ring (bicyclic) bond motifs is 1. The van der Waals surface area contributed by atoms with E-state index in [1.165, 1.54) is 96.3 Å². The summed E-state index contributed by atoms with van der Waals surface area (Å²) in [6, 6.07) is 11.0. The maximum absolute atomic E-state index is 11.9. The van der Waals surface area contributed by atoms with Gasteiger partial charge in [0.05, 0.1) is 4.90 Å². The zero-order valence-corrected chi connectivity index (χ0v) is 24.6. The zero-order valence-electron chi connectivity index (χ0n) is 21.8. The van der Waals surface area contributed by atoms with E-state index >= 15 is 0 Å². The quantitative estimate of drug-likeness (QED) is 0.137. The molecule has 0 aromatic heterocycles. The molecule has 34 heavy (non-hydrogen) atoms. The number of aryl methyl sites for hydroxylation is 1. The summed E-state index contributed by atoms with van der Waals surface area (Å²) < 4.78 is 35.7. The maximum atomic E-state index is 11.9. The van der Waals surface area contributed by atoms with Gasteiger partial charge >= 0.3 is 29.6 Å². The van der Waals surface area contributed by atoms with Crippen LogP contribution >= 0.6 is 0 Å². The van der Waals surface area contributed by atoms with Crippen molar-refractivity contribution in [2.75, 3.05) is 0 Å². The van der Waals surface area contributed by atoms with E-state index in [0.717, 1.165) is 18.2 Å². The number of hydrogen-bond donors (Lipinski definition) is 0. The first kappa shape index (κ1) is 31.6. The van der Waals surface area contributed by atoms with Crippen molar-refractivity contribution in [2.24, 2.45) is 0 Å². The van der Waals surface area contributed by atoms with Crippen molar-refractivity contribution in [3.8, 4) is 0 Å². The van der Waals surface area contributed by atoms with E-state index in [9.17, 15) is 13.0 Å². The number of rotatable bonds is 19. The fourth-order valence-electron chi connectivity index (χ4n) is 4.82. The fourth-order valence-corrected chi connectivity index (χ4v) is 5.77. The molecule has 2 aromatic carbocycles.